The van der Waals surface area contributed by atoms with Crippen molar-refractivity contribution in [2.24, 2.45) is 5.92 Å². The molecule has 25 heavy (non-hydrogen) atoms. The molecule has 3 rings (SSSR count). The quantitative estimate of drug-likeness (QED) is 0.776. The summed E-state index contributed by atoms with van der Waals surface area (Å²) in [5.41, 5.74) is 1.79. The van der Waals surface area contributed by atoms with E-state index < -0.39 is 0 Å². The van der Waals surface area contributed by atoms with Gasteiger partial charge in [0.15, 0.2) is 0 Å². The molecular formula is C18H25N5O2. The lowest BCUT2D eigenvalue weighted by atomic mass is 10.1. The summed E-state index contributed by atoms with van der Waals surface area (Å²) >= 11 is 0. The van der Waals surface area contributed by atoms with E-state index in [4.69, 9.17) is 0 Å². The van der Waals surface area contributed by atoms with Gasteiger partial charge in [0.25, 0.3) is 0 Å². The number of aryl methyl sites for hydroxylation is 2. The molecule has 0 aliphatic heterocycles. The summed E-state index contributed by atoms with van der Waals surface area (Å²) < 4.78 is 1.85. The number of aliphatic hydroxyl groups is 1. The van der Waals surface area contributed by atoms with Crippen LogP contribution in [0.3, 0.4) is 0 Å². The van der Waals surface area contributed by atoms with Crippen LogP contribution >= 0.6 is 0 Å². The Morgan fingerprint density at radius 3 is 2.88 bits per heavy atom. The standard InChI is InChI=1S/C18H25N5O2/c1-12-20-13(2)23(22-12)11-15-4-3-5-16(8-15)21-18(25)19-10-14-6-7-17(24)9-14/h3-5,8,14,17,24H,6-7,9-11H2,1-2H3,(H2,19,21,25)/t14-,17-/m0/s1. The van der Waals surface area contributed by atoms with E-state index in [1.54, 1.807) is 0 Å². The Balaban J connectivity index is 1.54. The molecule has 0 radical (unpaired) electrons. The molecule has 134 valence electrons. The van der Waals surface area contributed by atoms with E-state index in [9.17, 15) is 9.90 Å². The second-order valence-corrected chi connectivity index (χ2v) is 6.73. The topological polar surface area (TPSA) is 92.1 Å². The fourth-order valence-electron chi connectivity index (χ4n) is 3.28. The summed E-state index contributed by atoms with van der Waals surface area (Å²) in [4.78, 5) is 16.4. The Morgan fingerprint density at radius 2 is 2.20 bits per heavy atom. The zero-order valence-electron chi connectivity index (χ0n) is 14.7. The van der Waals surface area contributed by atoms with Crippen molar-refractivity contribution in [3.63, 3.8) is 0 Å². The summed E-state index contributed by atoms with van der Waals surface area (Å²) in [6.07, 6.45) is 2.35. The van der Waals surface area contributed by atoms with Crippen molar-refractivity contribution in [1.29, 1.82) is 0 Å². The van der Waals surface area contributed by atoms with Crippen LogP contribution in [0.1, 0.15) is 36.5 Å². The third kappa shape index (κ3) is 4.79. The molecule has 0 saturated heterocycles. The maximum absolute atomic E-state index is 12.1. The Kier molecular flexibility index (Phi) is 5.33. The molecule has 1 aromatic carbocycles. The number of amides is 2. The fraction of sp³-hybridized carbons (Fsp3) is 0.500. The van der Waals surface area contributed by atoms with Crippen molar-refractivity contribution in [2.75, 3.05) is 11.9 Å². The van der Waals surface area contributed by atoms with Crippen LogP contribution in [0.25, 0.3) is 0 Å². The van der Waals surface area contributed by atoms with E-state index in [2.05, 4.69) is 20.7 Å². The predicted octanol–water partition coefficient (Wildman–Crippen LogP) is 2.23. The zero-order valence-corrected chi connectivity index (χ0v) is 14.7. The van der Waals surface area contributed by atoms with Gasteiger partial charge < -0.3 is 15.7 Å². The molecule has 7 heteroatoms. The first-order valence-corrected chi connectivity index (χ1v) is 8.69. The van der Waals surface area contributed by atoms with Crippen LogP contribution < -0.4 is 10.6 Å². The molecular weight excluding hydrogens is 318 g/mol. The normalized spacial score (nSPS) is 19.8. The Bertz CT molecular complexity index is 743. The highest BCUT2D eigenvalue weighted by atomic mass is 16.3. The van der Waals surface area contributed by atoms with E-state index >= 15 is 0 Å². The molecule has 3 N–H and O–H groups in total. The lowest BCUT2D eigenvalue weighted by Crippen LogP contribution is -2.32. The van der Waals surface area contributed by atoms with Gasteiger partial charge in [-0.15, -0.1) is 0 Å². The van der Waals surface area contributed by atoms with Gasteiger partial charge >= 0.3 is 6.03 Å². The maximum atomic E-state index is 12.1. The monoisotopic (exact) mass is 343 g/mol. The number of carbonyl (C=O) groups excluding carboxylic acids is 1. The number of carbonyl (C=O) groups is 1. The first-order valence-electron chi connectivity index (χ1n) is 8.69. The highest BCUT2D eigenvalue weighted by Crippen LogP contribution is 2.24. The Hall–Kier alpha value is -2.41. The highest BCUT2D eigenvalue weighted by Gasteiger charge is 2.22. The lowest BCUT2D eigenvalue weighted by molar-refractivity contribution is 0.177. The molecule has 2 atom stereocenters. The number of aliphatic hydroxyl groups excluding tert-OH is 1. The van der Waals surface area contributed by atoms with Crippen molar-refractivity contribution >= 4 is 11.7 Å². The minimum atomic E-state index is -0.216. The minimum Gasteiger partial charge on any atom is -0.393 e. The Morgan fingerprint density at radius 1 is 1.36 bits per heavy atom. The van der Waals surface area contributed by atoms with Crippen LogP contribution in [0, 0.1) is 19.8 Å². The van der Waals surface area contributed by atoms with Crippen molar-refractivity contribution in [2.45, 2.75) is 45.8 Å². The SMILES string of the molecule is Cc1nc(C)n(Cc2cccc(NC(=O)NC[C@H]3CC[C@H](O)C3)c2)n1. The first kappa shape index (κ1) is 17.4. The van der Waals surface area contributed by atoms with E-state index in [0.717, 1.165) is 42.2 Å². The third-order valence-electron chi connectivity index (χ3n) is 4.54. The molecule has 7 nitrogen and oxygen atoms in total. The number of nitrogens with zero attached hydrogens (tertiary/aromatic N) is 3. The van der Waals surface area contributed by atoms with Crippen LogP contribution in [0.4, 0.5) is 10.5 Å². The summed E-state index contributed by atoms with van der Waals surface area (Å²) in [6, 6.07) is 7.50. The number of aromatic nitrogens is 3. The van der Waals surface area contributed by atoms with Crippen LogP contribution in [-0.4, -0.2) is 38.6 Å². The van der Waals surface area contributed by atoms with Gasteiger partial charge in [-0.05, 0) is 56.7 Å². The van der Waals surface area contributed by atoms with Gasteiger partial charge in [0.2, 0.25) is 0 Å². The number of benzene rings is 1. The molecule has 1 fully saturated rings. The van der Waals surface area contributed by atoms with Crippen molar-refractivity contribution in [3.8, 4) is 0 Å². The average Bonchev–Trinajstić information content (AvgIpc) is 3.11. The molecule has 1 saturated carbocycles. The molecule has 1 heterocycles. The van der Waals surface area contributed by atoms with Gasteiger partial charge in [-0.1, -0.05) is 12.1 Å². The summed E-state index contributed by atoms with van der Waals surface area (Å²) in [5, 5.41) is 19.6. The highest BCUT2D eigenvalue weighted by molar-refractivity contribution is 5.89. The smallest absolute Gasteiger partial charge is 0.319 e. The molecule has 0 spiro atoms. The lowest BCUT2D eigenvalue weighted by Gasteiger charge is -2.12. The molecule has 0 bridgehead atoms. The molecule has 1 aromatic heterocycles. The summed E-state index contributed by atoms with van der Waals surface area (Å²) in [7, 11) is 0. The third-order valence-corrected chi connectivity index (χ3v) is 4.54. The number of nitrogens with one attached hydrogen (secondary N) is 2. The molecule has 2 aromatic rings. The van der Waals surface area contributed by atoms with Gasteiger partial charge in [-0.3, -0.25) is 0 Å². The number of hydrogen-bond donors (Lipinski definition) is 3. The second kappa shape index (κ2) is 7.65. The average molecular weight is 343 g/mol. The van der Waals surface area contributed by atoms with Gasteiger partial charge in [-0.2, -0.15) is 5.10 Å². The second-order valence-electron chi connectivity index (χ2n) is 6.73. The van der Waals surface area contributed by atoms with Gasteiger partial charge in [0.1, 0.15) is 11.6 Å². The van der Waals surface area contributed by atoms with E-state index in [1.807, 2.05) is 42.8 Å². The van der Waals surface area contributed by atoms with E-state index in [0.29, 0.717) is 19.0 Å². The maximum Gasteiger partial charge on any atom is 0.319 e. The van der Waals surface area contributed by atoms with Crippen LogP contribution in [0.5, 0.6) is 0 Å². The number of anilines is 1. The van der Waals surface area contributed by atoms with Gasteiger partial charge in [-0.25, -0.2) is 14.5 Å². The molecule has 0 unspecified atom stereocenters. The molecule has 1 aliphatic rings. The van der Waals surface area contributed by atoms with Crippen molar-refractivity contribution in [3.05, 3.63) is 41.5 Å². The Labute approximate surface area is 147 Å². The first-order chi connectivity index (χ1) is 12.0. The van der Waals surface area contributed by atoms with Gasteiger partial charge in [0.05, 0.1) is 12.6 Å². The van der Waals surface area contributed by atoms with Gasteiger partial charge in [0, 0.05) is 12.2 Å². The van der Waals surface area contributed by atoms with Crippen molar-refractivity contribution < 1.29 is 9.90 Å². The minimum absolute atomic E-state index is 0.213. The predicted molar refractivity (Wildman–Crippen MR) is 95.4 cm³/mol. The van der Waals surface area contributed by atoms with Crippen molar-refractivity contribution in [1.82, 2.24) is 20.1 Å². The number of urea groups is 1. The number of rotatable bonds is 5. The largest absolute Gasteiger partial charge is 0.393 e. The van der Waals surface area contributed by atoms with Crippen LogP contribution in [0.2, 0.25) is 0 Å². The molecule has 2 amide bonds. The summed E-state index contributed by atoms with van der Waals surface area (Å²) in [6.45, 7) is 5.01. The fourth-order valence-corrected chi connectivity index (χ4v) is 3.28. The molecule has 1 aliphatic carbocycles. The van der Waals surface area contributed by atoms with Crippen LogP contribution in [0.15, 0.2) is 24.3 Å². The number of hydrogen-bond acceptors (Lipinski definition) is 4. The summed E-state index contributed by atoms with van der Waals surface area (Å²) in [5.74, 6) is 1.99. The van der Waals surface area contributed by atoms with E-state index in [1.165, 1.54) is 0 Å². The van der Waals surface area contributed by atoms with E-state index in [-0.39, 0.29) is 12.1 Å². The van der Waals surface area contributed by atoms with Crippen LogP contribution in [-0.2, 0) is 6.54 Å². The zero-order chi connectivity index (χ0) is 17.8.